The molecule has 0 unspecified atom stereocenters. The number of hydrogen-bond donors (Lipinski definition) is 1. The molecule has 7 heteroatoms. The maximum Gasteiger partial charge on any atom is 0.328 e. The lowest BCUT2D eigenvalue weighted by molar-refractivity contribution is 0.0740. The van der Waals surface area contributed by atoms with Crippen molar-refractivity contribution < 1.29 is 4.79 Å². The SMILES string of the molecule is Cc1ccnc(C[C@@H](C)N(C)C(=O)c2cn(C)c(=O)[nH]c2=O)c1. The average molecular weight is 316 g/mol. The number of H-pyrrole nitrogens is 1. The molecule has 2 heterocycles. The third-order valence-corrected chi connectivity index (χ3v) is 3.80. The van der Waals surface area contributed by atoms with E-state index >= 15 is 0 Å². The van der Waals surface area contributed by atoms with Gasteiger partial charge in [-0.15, -0.1) is 0 Å². The van der Waals surface area contributed by atoms with Gasteiger partial charge in [0, 0.05) is 44.6 Å². The molecule has 1 N–H and O–H groups in total. The van der Waals surface area contributed by atoms with Gasteiger partial charge in [0.05, 0.1) is 0 Å². The molecule has 0 saturated carbocycles. The Morgan fingerprint density at radius 2 is 2.13 bits per heavy atom. The molecule has 122 valence electrons. The number of aromatic nitrogens is 3. The molecular weight excluding hydrogens is 296 g/mol. The number of pyridine rings is 1. The largest absolute Gasteiger partial charge is 0.338 e. The summed E-state index contributed by atoms with van der Waals surface area (Å²) < 4.78 is 1.18. The second-order valence-electron chi connectivity index (χ2n) is 5.71. The highest BCUT2D eigenvalue weighted by Crippen LogP contribution is 2.09. The third kappa shape index (κ3) is 3.74. The fourth-order valence-corrected chi connectivity index (χ4v) is 2.26. The summed E-state index contributed by atoms with van der Waals surface area (Å²) in [5.41, 5.74) is 0.702. The smallest absolute Gasteiger partial charge is 0.328 e. The van der Waals surface area contributed by atoms with Crippen molar-refractivity contribution in [1.29, 1.82) is 0 Å². The van der Waals surface area contributed by atoms with E-state index in [9.17, 15) is 14.4 Å². The summed E-state index contributed by atoms with van der Waals surface area (Å²) in [7, 11) is 3.11. The lowest BCUT2D eigenvalue weighted by atomic mass is 10.1. The minimum absolute atomic E-state index is 0.0568. The van der Waals surface area contributed by atoms with Gasteiger partial charge in [-0.3, -0.25) is 19.6 Å². The molecule has 0 aliphatic heterocycles. The molecule has 1 atom stereocenters. The van der Waals surface area contributed by atoms with E-state index in [1.54, 1.807) is 13.2 Å². The molecule has 2 rings (SSSR count). The van der Waals surface area contributed by atoms with E-state index < -0.39 is 17.2 Å². The van der Waals surface area contributed by atoms with Gasteiger partial charge in [0.2, 0.25) is 0 Å². The number of amides is 1. The topological polar surface area (TPSA) is 88.1 Å². The van der Waals surface area contributed by atoms with Gasteiger partial charge in [0.25, 0.3) is 11.5 Å². The highest BCUT2D eigenvalue weighted by molar-refractivity contribution is 5.93. The zero-order valence-electron chi connectivity index (χ0n) is 13.7. The first-order chi connectivity index (χ1) is 10.8. The molecule has 1 amide bonds. The van der Waals surface area contributed by atoms with Crippen LogP contribution in [0.4, 0.5) is 0 Å². The number of hydrogen-bond acceptors (Lipinski definition) is 4. The Labute approximate surface area is 133 Å². The summed E-state index contributed by atoms with van der Waals surface area (Å²) in [5.74, 6) is -0.429. The van der Waals surface area contributed by atoms with E-state index in [-0.39, 0.29) is 11.6 Å². The Hall–Kier alpha value is -2.70. The van der Waals surface area contributed by atoms with E-state index in [0.717, 1.165) is 11.3 Å². The zero-order chi connectivity index (χ0) is 17.1. The van der Waals surface area contributed by atoms with Crippen LogP contribution < -0.4 is 11.2 Å². The van der Waals surface area contributed by atoms with E-state index in [1.807, 2.05) is 26.0 Å². The predicted molar refractivity (Wildman–Crippen MR) is 86.5 cm³/mol. The van der Waals surface area contributed by atoms with Crippen molar-refractivity contribution in [2.75, 3.05) is 7.05 Å². The molecule has 2 aromatic rings. The summed E-state index contributed by atoms with van der Waals surface area (Å²) in [6, 6.07) is 3.73. The van der Waals surface area contributed by atoms with Gasteiger partial charge < -0.3 is 9.47 Å². The molecule has 0 aliphatic carbocycles. The second kappa shape index (κ2) is 6.60. The quantitative estimate of drug-likeness (QED) is 0.888. The molecule has 0 aromatic carbocycles. The van der Waals surface area contributed by atoms with Crippen LogP contribution in [0.2, 0.25) is 0 Å². The van der Waals surface area contributed by atoms with Gasteiger partial charge >= 0.3 is 5.69 Å². The summed E-state index contributed by atoms with van der Waals surface area (Å²) in [5, 5.41) is 0. The van der Waals surface area contributed by atoms with Crippen molar-refractivity contribution in [1.82, 2.24) is 19.4 Å². The predicted octanol–water partition coefficient (Wildman–Crippen LogP) is 0.480. The van der Waals surface area contributed by atoms with Crippen molar-refractivity contribution in [3.8, 4) is 0 Å². The summed E-state index contributed by atoms with van der Waals surface area (Å²) in [6.07, 6.45) is 3.57. The maximum atomic E-state index is 12.5. The second-order valence-corrected chi connectivity index (χ2v) is 5.71. The summed E-state index contributed by atoms with van der Waals surface area (Å²) in [6.45, 7) is 3.87. The number of aromatic amines is 1. The molecule has 0 spiro atoms. The van der Waals surface area contributed by atoms with Crippen LogP contribution in [0.3, 0.4) is 0 Å². The molecule has 0 aliphatic rings. The fourth-order valence-electron chi connectivity index (χ4n) is 2.26. The molecule has 0 bridgehead atoms. The first-order valence-corrected chi connectivity index (χ1v) is 7.28. The highest BCUT2D eigenvalue weighted by Gasteiger charge is 2.21. The van der Waals surface area contributed by atoms with Gasteiger partial charge in [0.1, 0.15) is 5.56 Å². The van der Waals surface area contributed by atoms with Crippen molar-refractivity contribution in [2.45, 2.75) is 26.3 Å². The third-order valence-electron chi connectivity index (χ3n) is 3.80. The van der Waals surface area contributed by atoms with Crippen LogP contribution in [0.15, 0.2) is 34.1 Å². The van der Waals surface area contributed by atoms with Gasteiger partial charge in [0.15, 0.2) is 0 Å². The Balaban J connectivity index is 2.20. The summed E-state index contributed by atoms with van der Waals surface area (Å²) in [4.78, 5) is 43.6. The lowest BCUT2D eigenvalue weighted by Crippen LogP contribution is -2.41. The van der Waals surface area contributed by atoms with Crippen LogP contribution in [0, 0.1) is 6.92 Å². The standard InChI is InChI=1S/C16H20N4O3/c1-10-5-6-17-12(7-10)8-11(2)20(4)15(22)13-9-19(3)16(23)18-14(13)21/h5-7,9,11H,8H2,1-4H3,(H,18,21,23)/t11-/m1/s1. The van der Waals surface area contributed by atoms with Gasteiger partial charge in [-0.05, 0) is 31.5 Å². The monoisotopic (exact) mass is 316 g/mol. The van der Waals surface area contributed by atoms with Gasteiger partial charge in [-0.1, -0.05) is 0 Å². The molecule has 7 nitrogen and oxygen atoms in total. The average Bonchev–Trinajstić information content (AvgIpc) is 2.49. The Kier molecular flexibility index (Phi) is 4.78. The number of aryl methyl sites for hydroxylation is 2. The number of nitrogens with one attached hydrogen (secondary N) is 1. The maximum absolute atomic E-state index is 12.5. The van der Waals surface area contributed by atoms with E-state index in [0.29, 0.717) is 6.42 Å². The van der Waals surface area contributed by atoms with E-state index in [1.165, 1.54) is 22.7 Å². The van der Waals surface area contributed by atoms with E-state index in [2.05, 4.69) is 9.97 Å². The zero-order valence-corrected chi connectivity index (χ0v) is 13.7. The summed E-state index contributed by atoms with van der Waals surface area (Å²) >= 11 is 0. The van der Waals surface area contributed by atoms with Crippen LogP contribution in [0.1, 0.15) is 28.5 Å². The first kappa shape index (κ1) is 16.7. The van der Waals surface area contributed by atoms with Crippen LogP contribution in [0.25, 0.3) is 0 Å². The van der Waals surface area contributed by atoms with Crippen LogP contribution >= 0.6 is 0 Å². The fraction of sp³-hybridized carbons (Fsp3) is 0.375. The van der Waals surface area contributed by atoms with Crippen LogP contribution in [-0.4, -0.2) is 38.4 Å². The minimum atomic E-state index is -0.675. The molecule has 0 fully saturated rings. The molecule has 23 heavy (non-hydrogen) atoms. The number of likely N-dealkylation sites (N-methyl/N-ethyl adjacent to an activating group) is 1. The van der Waals surface area contributed by atoms with E-state index in [4.69, 9.17) is 0 Å². The molecule has 2 aromatic heterocycles. The highest BCUT2D eigenvalue weighted by atomic mass is 16.2. The first-order valence-electron chi connectivity index (χ1n) is 7.28. The Morgan fingerprint density at radius 3 is 2.78 bits per heavy atom. The Morgan fingerprint density at radius 1 is 1.43 bits per heavy atom. The molecule has 0 saturated heterocycles. The van der Waals surface area contributed by atoms with Crippen LogP contribution in [0.5, 0.6) is 0 Å². The number of nitrogens with zero attached hydrogens (tertiary/aromatic N) is 3. The lowest BCUT2D eigenvalue weighted by Gasteiger charge is -2.24. The number of carbonyl (C=O) groups is 1. The normalized spacial score (nSPS) is 12.0. The van der Waals surface area contributed by atoms with Crippen molar-refractivity contribution in [2.24, 2.45) is 7.05 Å². The Bertz CT molecular complexity index is 838. The number of rotatable bonds is 4. The van der Waals surface area contributed by atoms with Gasteiger partial charge in [-0.2, -0.15) is 0 Å². The van der Waals surface area contributed by atoms with Crippen molar-refractivity contribution >= 4 is 5.91 Å². The van der Waals surface area contributed by atoms with Gasteiger partial charge in [-0.25, -0.2) is 4.79 Å². The van der Waals surface area contributed by atoms with Crippen LogP contribution in [-0.2, 0) is 13.5 Å². The molecule has 0 radical (unpaired) electrons. The van der Waals surface area contributed by atoms with Crippen molar-refractivity contribution in [3.05, 3.63) is 62.2 Å². The number of carbonyl (C=O) groups excluding carboxylic acids is 1. The molecular formula is C16H20N4O3. The van der Waals surface area contributed by atoms with Crippen molar-refractivity contribution in [3.63, 3.8) is 0 Å². The minimum Gasteiger partial charge on any atom is -0.338 e.